The molecule has 0 saturated heterocycles. The number of nitriles is 1. The molecule has 0 spiro atoms. The highest BCUT2D eigenvalue weighted by molar-refractivity contribution is 7.16. The molecule has 0 bridgehead atoms. The van der Waals surface area contributed by atoms with Crippen molar-refractivity contribution in [1.29, 1.82) is 5.26 Å². The van der Waals surface area contributed by atoms with Crippen LogP contribution in [-0.2, 0) is 17.6 Å². The van der Waals surface area contributed by atoms with Crippen molar-refractivity contribution in [3.63, 3.8) is 0 Å². The molecule has 1 aliphatic rings. The van der Waals surface area contributed by atoms with E-state index in [1.54, 1.807) is 11.3 Å². The molecule has 4 nitrogen and oxygen atoms in total. The van der Waals surface area contributed by atoms with Crippen LogP contribution in [0.4, 0.5) is 5.00 Å². The van der Waals surface area contributed by atoms with E-state index >= 15 is 0 Å². The first kappa shape index (κ1) is 16.0. The lowest BCUT2D eigenvalue weighted by Crippen LogP contribution is -2.33. The molecule has 21 heavy (non-hydrogen) atoms. The summed E-state index contributed by atoms with van der Waals surface area (Å²) < 4.78 is 0. The lowest BCUT2D eigenvalue weighted by molar-refractivity contribution is -0.115. The van der Waals surface area contributed by atoms with Crippen LogP contribution in [-0.4, -0.2) is 18.5 Å². The van der Waals surface area contributed by atoms with E-state index in [2.05, 4.69) is 37.5 Å². The Morgan fingerprint density at radius 3 is 3.00 bits per heavy atom. The molecule has 2 atom stereocenters. The van der Waals surface area contributed by atoms with Gasteiger partial charge >= 0.3 is 0 Å². The lowest BCUT2D eigenvalue weighted by atomic mass is 9.89. The van der Waals surface area contributed by atoms with Gasteiger partial charge in [-0.25, -0.2) is 0 Å². The molecular formula is C16H23N3OS. The summed E-state index contributed by atoms with van der Waals surface area (Å²) in [6.07, 6.45) is 4.09. The minimum Gasteiger partial charge on any atom is -0.315 e. The number of thiophene rings is 1. The Labute approximate surface area is 130 Å². The highest BCUT2D eigenvalue weighted by atomic mass is 32.1. The molecule has 0 aliphatic heterocycles. The van der Waals surface area contributed by atoms with Crippen LogP contribution in [0.15, 0.2) is 0 Å². The van der Waals surface area contributed by atoms with E-state index in [1.165, 1.54) is 4.88 Å². The third kappa shape index (κ3) is 3.84. The normalized spacial score (nSPS) is 18.7. The molecule has 1 amide bonds. The van der Waals surface area contributed by atoms with Crippen LogP contribution >= 0.6 is 11.3 Å². The molecule has 2 unspecified atom stereocenters. The van der Waals surface area contributed by atoms with Crippen LogP contribution in [0.2, 0.25) is 0 Å². The maximum absolute atomic E-state index is 12.0. The van der Waals surface area contributed by atoms with Crippen molar-refractivity contribution in [2.24, 2.45) is 5.92 Å². The SMILES string of the molecule is CCC(C)NCC(=O)Nc1sc2c(c1C#N)CCC(C)C2. The Kier molecular flexibility index (Phi) is 5.38. The predicted molar refractivity (Wildman–Crippen MR) is 86.6 cm³/mol. The average Bonchev–Trinajstić information content (AvgIpc) is 2.80. The third-order valence-electron chi connectivity index (χ3n) is 4.10. The number of anilines is 1. The van der Waals surface area contributed by atoms with Crippen LogP contribution in [0.25, 0.3) is 0 Å². The molecule has 114 valence electrons. The minimum absolute atomic E-state index is 0.0709. The molecule has 1 aromatic rings. The molecule has 1 heterocycles. The average molecular weight is 305 g/mol. The van der Waals surface area contributed by atoms with E-state index < -0.39 is 0 Å². The Bertz CT molecular complexity index is 559. The molecular weight excluding hydrogens is 282 g/mol. The van der Waals surface area contributed by atoms with Crippen molar-refractivity contribution in [2.75, 3.05) is 11.9 Å². The van der Waals surface area contributed by atoms with Crippen molar-refractivity contribution < 1.29 is 4.79 Å². The topological polar surface area (TPSA) is 64.9 Å². The summed E-state index contributed by atoms with van der Waals surface area (Å²) in [6, 6.07) is 2.60. The lowest BCUT2D eigenvalue weighted by Gasteiger charge is -2.17. The summed E-state index contributed by atoms with van der Waals surface area (Å²) in [5.74, 6) is 0.594. The van der Waals surface area contributed by atoms with Crippen LogP contribution in [0, 0.1) is 17.2 Å². The van der Waals surface area contributed by atoms with Crippen LogP contribution in [0.1, 0.15) is 49.6 Å². The Morgan fingerprint density at radius 2 is 2.33 bits per heavy atom. The number of hydrogen-bond donors (Lipinski definition) is 2. The first-order chi connectivity index (χ1) is 10.0. The zero-order valence-corrected chi connectivity index (χ0v) is 13.8. The maximum atomic E-state index is 12.0. The third-order valence-corrected chi connectivity index (χ3v) is 5.27. The van der Waals surface area contributed by atoms with E-state index in [4.69, 9.17) is 0 Å². The number of nitrogens with zero attached hydrogens (tertiary/aromatic N) is 1. The fourth-order valence-electron chi connectivity index (χ4n) is 2.54. The zero-order valence-electron chi connectivity index (χ0n) is 13.0. The number of rotatable bonds is 5. The monoisotopic (exact) mass is 305 g/mol. The Morgan fingerprint density at radius 1 is 1.57 bits per heavy atom. The molecule has 0 saturated carbocycles. The van der Waals surface area contributed by atoms with Gasteiger partial charge in [0.05, 0.1) is 12.1 Å². The summed E-state index contributed by atoms with van der Waals surface area (Å²) in [4.78, 5) is 13.3. The van der Waals surface area contributed by atoms with E-state index in [0.29, 0.717) is 24.1 Å². The first-order valence-corrected chi connectivity index (χ1v) is 8.44. The fraction of sp³-hybridized carbons (Fsp3) is 0.625. The van der Waals surface area contributed by atoms with Gasteiger partial charge in [-0.1, -0.05) is 13.8 Å². The van der Waals surface area contributed by atoms with Gasteiger partial charge in [0.2, 0.25) is 5.91 Å². The summed E-state index contributed by atoms with van der Waals surface area (Å²) in [5.41, 5.74) is 1.84. The predicted octanol–water partition coefficient (Wildman–Crippen LogP) is 3.07. The van der Waals surface area contributed by atoms with Crippen molar-refractivity contribution in [3.05, 3.63) is 16.0 Å². The van der Waals surface area contributed by atoms with Crippen LogP contribution in [0.3, 0.4) is 0 Å². The second-order valence-corrected chi connectivity index (χ2v) is 7.01. The fourth-order valence-corrected chi connectivity index (χ4v) is 3.92. The number of hydrogen-bond acceptors (Lipinski definition) is 4. The summed E-state index contributed by atoms with van der Waals surface area (Å²) in [6.45, 7) is 6.67. The number of fused-ring (bicyclic) bond motifs is 1. The van der Waals surface area contributed by atoms with Crippen molar-refractivity contribution in [3.8, 4) is 6.07 Å². The molecule has 0 fully saturated rings. The number of carbonyl (C=O) groups is 1. The van der Waals surface area contributed by atoms with E-state index in [0.717, 1.165) is 36.2 Å². The van der Waals surface area contributed by atoms with Crippen LogP contribution < -0.4 is 10.6 Å². The number of nitrogens with one attached hydrogen (secondary N) is 2. The summed E-state index contributed by atoms with van der Waals surface area (Å²) in [7, 11) is 0. The highest BCUT2D eigenvalue weighted by Crippen LogP contribution is 2.39. The van der Waals surface area contributed by atoms with Crippen LogP contribution in [0.5, 0.6) is 0 Å². The van der Waals surface area contributed by atoms with Gasteiger partial charge in [-0.2, -0.15) is 5.26 Å². The summed E-state index contributed by atoms with van der Waals surface area (Å²) >= 11 is 1.58. The smallest absolute Gasteiger partial charge is 0.238 e. The Balaban J connectivity index is 2.07. The van der Waals surface area contributed by atoms with Crippen molar-refractivity contribution in [2.45, 2.75) is 52.5 Å². The standard InChI is InChI=1S/C16H23N3OS/c1-4-11(3)18-9-15(20)19-16-13(8-17)12-6-5-10(2)7-14(12)21-16/h10-11,18H,4-7,9H2,1-3H3,(H,19,20). The largest absolute Gasteiger partial charge is 0.315 e. The van der Waals surface area contributed by atoms with E-state index in [9.17, 15) is 10.1 Å². The number of carbonyl (C=O) groups excluding carboxylic acids is 1. The van der Waals surface area contributed by atoms with E-state index in [1.807, 2.05) is 0 Å². The van der Waals surface area contributed by atoms with Gasteiger partial charge < -0.3 is 10.6 Å². The maximum Gasteiger partial charge on any atom is 0.238 e. The van der Waals surface area contributed by atoms with E-state index in [-0.39, 0.29) is 5.91 Å². The highest BCUT2D eigenvalue weighted by Gasteiger charge is 2.24. The second kappa shape index (κ2) is 7.06. The van der Waals surface area contributed by atoms with Gasteiger partial charge in [0.25, 0.3) is 0 Å². The van der Waals surface area contributed by atoms with Gasteiger partial charge in [-0.3, -0.25) is 4.79 Å². The van der Waals surface area contributed by atoms with Gasteiger partial charge in [0.15, 0.2) is 0 Å². The number of amides is 1. The molecule has 5 heteroatoms. The molecule has 1 aliphatic carbocycles. The minimum atomic E-state index is -0.0709. The van der Waals surface area contributed by atoms with Gasteiger partial charge in [0.1, 0.15) is 11.1 Å². The Hall–Kier alpha value is -1.38. The van der Waals surface area contributed by atoms with Crippen molar-refractivity contribution in [1.82, 2.24) is 5.32 Å². The molecule has 1 aromatic heterocycles. The molecule has 0 aromatic carbocycles. The van der Waals surface area contributed by atoms with Gasteiger partial charge in [-0.15, -0.1) is 11.3 Å². The quantitative estimate of drug-likeness (QED) is 0.878. The molecule has 2 N–H and O–H groups in total. The van der Waals surface area contributed by atoms with Crippen molar-refractivity contribution >= 4 is 22.2 Å². The van der Waals surface area contributed by atoms with Gasteiger partial charge in [-0.05, 0) is 44.1 Å². The summed E-state index contributed by atoms with van der Waals surface area (Å²) in [5, 5.41) is 16.2. The zero-order chi connectivity index (χ0) is 15.4. The second-order valence-electron chi connectivity index (χ2n) is 5.91. The van der Waals surface area contributed by atoms with Gasteiger partial charge in [0, 0.05) is 10.9 Å². The first-order valence-electron chi connectivity index (χ1n) is 7.63. The molecule has 0 radical (unpaired) electrons. The molecule has 2 rings (SSSR count).